The molecular formula is C11H8N4O4. The molecule has 0 atom stereocenters. The van der Waals surface area contributed by atoms with E-state index in [2.05, 4.69) is 0 Å². The van der Waals surface area contributed by atoms with Gasteiger partial charge in [-0.3, -0.25) is 0 Å². The second kappa shape index (κ2) is 6.02. The summed E-state index contributed by atoms with van der Waals surface area (Å²) < 4.78 is 0. The average Bonchev–Trinajstić information content (AvgIpc) is 2.39. The second-order valence-electron chi connectivity index (χ2n) is 3.38. The minimum absolute atomic E-state index is 0.223. The molecule has 0 heterocycles. The van der Waals surface area contributed by atoms with E-state index in [1.165, 1.54) is 23.9 Å². The maximum atomic E-state index is 10.9. The molecule has 0 bridgehead atoms. The Morgan fingerprint density at radius 2 is 1.42 bits per heavy atom. The molecular weight excluding hydrogens is 252 g/mol. The minimum Gasteiger partial charge on any atom is -0.758 e. The predicted molar refractivity (Wildman–Crippen MR) is 63.8 cm³/mol. The minimum atomic E-state index is -1.46. The van der Waals surface area contributed by atoms with Crippen molar-refractivity contribution < 1.29 is 20.3 Å². The van der Waals surface area contributed by atoms with Crippen molar-refractivity contribution in [3.8, 4) is 0 Å². The van der Waals surface area contributed by atoms with Crippen molar-refractivity contribution in [2.24, 2.45) is 0 Å². The summed E-state index contributed by atoms with van der Waals surface area (Å²) in [4.78, 5) is 20.4. The molecule has 1 rings (SSSR count). The van der Waals surface area contributed by atoms with Crippen molar-refractivity contribution in [1.29, 1.82) is 0 Å². The fourth-order valence-electron chi connectivity index (χ4n) is 1.53. The normalized spacial score (nSPS) is 10.7. The average molecular weight is 260 g/mol. The van der Waals surface area contributed by atoms with Crippen LogP contribution in [0.1, 0.15) is 11.5 Å². The summed E-state index contributed by atoms with van der Waals surface area (Å²) in [6.07, 6.45) is 0. The molecule has 0 aliphatic rings. The Morgan fingerprint density at radius 1 is 1.00 bits per heavy atom. The summed E-state index contributed by atoms with van der Waals surface area (Å²) in [5.41, 5.74) is -1.39. The second-order valence-corrected chi connectivity index (χ2v) is 3.38. The Morgan fingerprint density at radius 3 is 1.74 bits per heavy atom. The summed E-state index contributed by atoms with van der Waals surface area (Å²) in [6.45, 7) is 0. The Hall–Kier alpha value is -3.08. The number of hydrogen-bond acceptors (Lipinski definition) is 2. The van der Waals surface area contributed by atoms with Gasteiger partial charge in [0.15, 0.2) is 5.92 Å². The molecule has 2 N–H and O–H groups in total. The zero-order valence-corrected chi connectivity index (χ0v) is 9.46. The van der Waals surface area contributed by atoms with Crippen LogP contribution in [0, 0.1) is 9.81 Å². The Labute approximate surface area is 107 Å². The van der Waals surface area contributed by atoms with Crippen molar-refractivity contribution in [3.63, 3.8) is 0 Å². The first-order chi connectivity index (χ1) is 9.02. The third-order valence-corrected chi connectivity index (χ3v) is 2.32. The lowest BCUT2D eigenvalue weighted by Crippen LogP contribution is -2.20. The highest BCUT2D eigenvalue weighted by atomic mass is 16.6. The zero-order chi connectivity index (χ0) is 14.4. The van der Waals surface area contributed by atoms with Gasteiger partial charge in [-0.25, -0.2) is 10.4 Å². The van der Waals surface area contributed by atoms with E-state index in [1.807, 2.05) is 0 Å². The molecule has 8 heteroatoms. The largest absolute Gasteiger partial charge is 0.758 e. The molecule has 1 aromatic rings. The van der Waals surface area contributed by atoms with Crippen molar-refractivity contribution in [2.45, 2.75) is 5.92 Å². The van der Waals surface area contributed by atoms with Gasteiger partial charge in [0.1, 0.15) is 0 Å². The highest BCUT2D eigenvalue weighted by Crippen LogP contribution is 2.29. The molecule has 0 fully saturated rings. The van der Waals surface area contributed by atoms with Gasteiger partial charge in [0.2, 0.25) is 0 Å². The number of hydrogen-bond donors (Lipinski definition) is 2. The van der Waals surface area contributed by atoms with Crippen LogP contribution in [0.4, 0.5) is 0 Å². The number of rotatable bonds is 5. The molecule has 0 saturated heterocycles. The number of benzene rings is 1. The molecule has 0 aromatic heterocycles. The van der Waals surface area contributed by atoms with Gasteiger partial charge in [-0.15, -0.1) is 0 Å². The van der Waals surface area contributed by atoms with E-state index in [9.17, 15) is 9.81 Å². The third kappa shape index (κ3) is 2.98. The van der Waals surface area contributed by atoms with Crippen molar-refractivity contribution in [1.82, 2.24) is 0 Å². The highest BCUT2D eigenvalue weighted by molar-refractivity contribution is 5.67. The van der Waals surface area contributed by atoms with Gasteiger partial charge in [0.25, 0.3) is 9.85 Å². The fourth-order valence-corrected chi connectivity index (χ4v) is 1.53. The summed E-state index contributed by atoms with van der Waals surface area (Å²) >= 11 is 0. The smallest absolute Gasteiger partial charge is 0.331 e. The standard InChI is InChI=1S/C11H8N4O4/c12-6-9(14(16)17)11(10(7-13)15(18)19)8-4-2-1-3-5-8/h1-5,11H,(H,16,17)(H,18,19). The monoisotopic (exact) mass is 260 g/mol. The molecule has 0 unspecified atom stereocenters. The van der Waals surface area contributed by atoms with Crippen LogP contribution in [-0.2, 0) is 0 Å². The summed E-state index contributed by atoms with van der Waals surface area (Å²) in [6, 6.07) is 7.61. The van der Waals surface area contributed by atoms with Crippen LogP contribution in [0.3, 0.4) is 0 Å². The van der Waals surface area contributed by atoms with Crippen LogP contribution in [0.2, 0.25) is 0 Å². The summed E-state index contributed by atoms with van der Waals surface area (Å²) in [7, 11) is 0. The molecule has 19 heavy (non-hydrogen) atoms. The Bertz CT molecular complexity index is 577. The van der Waals surface area contributed by atoms with E-state index >= 15 is 0 Å². The van der Waals surface area contributed by atoms with Gasteiger partial charge in [0.05, 0.1) is 9.81 Å². The van der Waals surface area contributed by atoms with Crippen molar-refractivity contribution >= 4 is 11.7 Å². The molecule has 0 saturated carbocycles. The molecule has 1 aromatic carbocycles. The number of nitrogens with zero attached hydrogens (tertiary/aromatic N) is 4. The molecule has 8 nitrogen and oxygen atoms in total. The lowest BCUT2D eigenvalue weighted by Gasteiger charge is -2.07. The molecule has 0 aliphatic heterocycles. The SMILES string of the molecule is [N-]=C=C(C(C(=C=[N-])[N+](=O)O)c1ccccc1)[N+](=O)O. The van der Waals surface area contributed by atoms with Crippen LogP contribution in [0.25, 0.3) is 10.8 Å². The van der Waals surface area contributed by atoms with Gasteiger partial charge >= 0.3 is 11.4 Å². The summed E-state index contributed by atoms with van der Waals surface area (Å²) in [5.74, 6) is 1.35. The zero-order valence-electron chi connectivity index (χ0n) is 9.46. The van der Waals surface area contributed by atoms with Gasteiger partial charge in [-0.2, -0.15) is 11.7 Å². The maximum Gasteiger partial charge on any atom is 0.331 e. The van der Waals surface area contributed by atoms with Crippen LogP contribution in [0.5, 0.6) is 0 Å². The highest BCUT2D eigenvalue weighted by Gasteiger charge is 2.40. The van der Waals surface area contributed by atoms with Crippen LogP contribution < -0.4 is 0 Å². The van der Waals surface area contributed by atoms with Crippen LogP contribution in [-0.4, -0.2) is 32.0 Å². The van der Waals surface area contributed by atoms with E-state index in [0.29, 0.717) is 0 Å². The molecule has 0 amide bonds. The molecule has 96 valence electrons. The van der Waals surface area contributed by atoms with Crippen molar-refractivity contribution in [3.05, 3.63) is 67.9 Å². The first kappa shape index (κ1) is 14.0. The van der Waals surface area contributed by atoms with E-state index in [0.717, 1.165) is 0 Å². The first-order valence-electron chi connectivity index (χ1n) is 4.94. The first-order valence-corrected chi connectivity index (χ1v) is 4.94. The van der Waals surface area contributed by atoms with E-state index in [-0.39, 0.29) is 5.56 Å². The summed E-state index contributed by atoms with van der Waals surface area (Å²) in [5, 5.41) is 35.4. The molecule has 0 aliphatic carbocycles. The Kier molecular flexibility index (Phi) is 4.43. The van der Waals surface area contributed by atoms with Gasteiger partial charge < -0.3 is 10.8 Å². The Balaban J connectivity index is 3.52. The van der Waals surface area contributed by atoms with Crippen LogP contribution in [0.15, 0.2) is 41.7 Å². The molecule has 0 spiro atoms. The van der Waals surface area contributed by atoms with E-state index < -0.39 is 27.2 Å². The predicted octanol–water partition coefficient (Wildman–Crippen LogP) is 1.35. The maximum absolute atomic E-state index is 10.9. The van der Waals surface area contributed by atoms with Crippen molar-refractivity contribution in [2.75, 3.05) is 0 Å². The van der Waals surface area contributed by atoms with E-state index in [1.54, 1.807) is 18.2 Å². The fraction of sp³-hybridized carbons (Fsp3) is 0.0909. The van der Waals surface area contributed by atoms with Gasteiger partial charge in [-0.05, 0) is 5.56 Å². The lowest BCUT2D eigenvalue weighted by molar-refractivity contribution is -0.769. The molecule has 0 radical (unpaired) electrons. The van der Waals surface area contributed by atoms with Gasteiger partial charge in [0, 0.05) is 0 Å². The van der Waals surface area contributed by atoms with Crippen LogP contribution >= 0.6 is 0 Å². The topological polar surface area (TPSA) is 125 Å². The lowest BCUT2D eigenvalue weighted by atomic mass is 9.93. The van der Waals surface area contributed by atoms with Gasteiger partial charge in [-0.1, -0.05) is 30.3 Å². The third-order valence-electron chi connectivity index (χ3n) is 2.32. The quantitative estimate of drug-likeness (QED) is 0.612. The van der Waals surface area contributed by atoms with E-state index in [4.69, 9.17) is 21.2 Å².